The summed E-state index contributed by atoms with van der Waals surface area (Å²) in [6, 6.07) is 6.71. The average Bonchev–Trinajstić information content (AvgIpc) is 3.09. The van der Waals surface area contributed by atoms with Crippen molar-refractivity contribution < 1.29 is 26.5 Å². The van der Waals surface area contributed by atoms with Gasteiger partial charge in [-0.15, -0.1) is 0 Å². The standard InChI is InChI=1S/C22H36O6SSi/c1-17-7-9-19(10-8-17)29(23,24)27-16-18-15-22(25-13-14-26-22)12-11-20(18)28-30(5,6)21(2,3)4/h7-10,18,20H,11-16H2,1-6H3/t18-,20-/m0/s1. The van der Waals surface area contributed by atoms with Crippen molar-refractivity contribution in [3.8, 4) is 0 Å². The van der Waals surface area contributed by atoms with E-state index in [2.05, 4.69) is 33.9 Å². The summed E-state index contributed by atoms with van der Waals surface area (Å²) in [4.78, 5) is 0.175. The fraction of sp³-hybridized carbons (Fsp3) is 0.727. The van der Waals surface area contributed by atoms with E-state index in [0.29, 0.717) is 19.6 Å². The summed E-state index contributed by atoms with van der Waals surface area (Å²) < 4.78 is 49.5. The molecular weight excluding hydrogens is 420 g/mol. The molecular formula is C22H36O6SSi. The second-order valence-corrected chi connectivity index (χ2v) is 16.5. The molecule has 170 valence electrons. The summed E-state index contributed by atoms with van der Waals surface area (Å²) in [5.74, 6) is -0.749. The van der Waals surface area contributed by atoms with Crippen LogP contribution in [0, 0.1) is 12.8 Å². The van der Waals surface area contributed by atoms with Crippen molar-refractivity contribution in [2.24, 2.45) is 5.92 Å². The van der Waals surface area contributed by atoms with Crippen molar-refractivity contribution in [2.45, 2.75) is 81.9 Å². The summed E-state index contributed by atoms with van der Waals surface area (Å²) in [6.45, 7) is 14.2. The van der Waals surface area contributed by atoms with Gasteiger partial charge in [0.25, 0.3) is 10.1 Å². The molecule has 1 saturated heterocycles. The maximum atomic E-state index is 12.7. The normalized spacial score (nSPS) is 25.0. The second kappa shape index (κ2) is 8.63. The minimum absolute atomic E-state index is 0.0595. The quantitative estimate of drug-likeness (QED) is 0.459. The van der Waals surface area contributed by atoms with Gasteiger partial charge in [-0.1, -0.05) is 38.5 Å². The van der Waals surface area contributed by atoms with E-state index in [4.69, 9.17) is 18.1 Å². The molecule has 1 saturated carbocycles. The van der Waals surface area contributed by atoms with Crippen LogP contribution in [-0.2, 0) is 28.2 Å². The van der Waals surface area contributed by atoms with Crippen LogP contribution in [0.3, 0.4) is 0 Å². The summed E-state index contributed by atoms with van der Waals surface area (Å²) >= 11 is 0. The largest absolute Gasteiger partial charge is 0.414 e. The van der Waals surface area contributed by atoms with E-state index in [-0.39, 0.29) is 28.6 Å². The van der Waals surface area contributed by atoms with E-state index in [0.717, 1.165) is 18.4 Å². The lowest BCUT2D eigenvalue weighted by molar-refractivity contribution is -0.203. The lowest BCUT2D eigenvalue weighted by Gasteiger charge is -2.46. The molecule has 8 heteroatoms. The van der Waals surface area contributed by atoms with Crippen LogP contribution in [0.5, 0.6) is 0 Å². The molecule has 0 bridgehead atoms. The first-order valence-corrected chi connectivity index (χ1v) is 15.1. The third-order valence-electron chi connectivity index (χ3n) is 6.72. The molecule has 30 heavy (non-hydrogen) atoms. The van der Waals surface area contributed by atoms with Crippen molar-refractivity contribution in [2.75, 3.05) is 19.8 Å². The molecule has 0 radical (unpaired) electrons. The average molecular weight is 457 g/mol. The van der Waals surface area contributed by atoms with Gasteiger partial charge >= 0.3 is 0 Å². The SMILES string of the molecule is Cc1ccc(S(=O)(=O)OC[C@@H]2CC3(CC[C@@H]2O[Si](C)(C)C(C)(C)C)OCCO3)cc1. The lowest BCUT2D eigenvalue weighted by Crippen LogP contribution is -2.51. The van der Waals surface area contributed by atoms with E-state index >= 15 is 0 Å². The van der Waals surface area contributed by atoms with Gasteiger partial charge in [0.05, 0.1) is 30.8 Å². The molecule has 1 aromatic carbocycles. The Morgan fingerprint density at radius 2 is 1.73 bits per heavy atom. The first-order valence-electron chi connectivity index (χ1n) is 10.8. The van der Waals surface area contributed by atoms with Crippen LogP contribution in [0.1, 0.15) is 45.6 Å². The highest BCUT2D eigenvalue weighted by Crippen LogP contribution is 2.44. The number of hydrogen-bond acceptors (Lipinski definition) is 6. The smallest absolute Gasteiger partial charge is 0.296 e. The van der Waals surface area contributed by atoms with E-state index < -0.39 is 24.2 Å². The van der Waals surface area contributed by atoms with Crippen LogP contribution >= 0.6 is 0 Å². The van der Waals surface area contributed by atoms with Gasteiger partial charge in [-0.2, -0.15) is 8.42 Å². The highest BCUT2D eigenvalue weighted by atomic mass is 32.2. The Kier molecular flexibility index (Phi) is 6.87. The van der Waals surface area contributed by atoms with Gasteiger partial charge in [-0.3, -0.25) is 4.18 Å². The molecule has 2 aliphatic rings. The summed E-state index contributed by atoms with van der Waals surface area (Å²) in [6.07, 6.45) is 2.03. The molecule has 2 fully saturated rings. The Bertz CT molecular complexity index is 822. The third kappa shape index (κ3) is 5.34. The molecule has 0 aromatic heterocycles. The fourth-order valence-electron chi connectivity index (χ4n) is 3.82. The maximum Gasteiger partial charge on any atom is 0.296 e. The Balaban J connectivity index is 1.76. The minimum Gasteiger partial charge on any atom is -0.414 e. The number of aryl methyl sites for hydroxylation is 1. The molecule has 1 spiro atoms. The summed E-state index contributed by atoms with van der Waals surface area (Å²) in [7, 11) is -5.85. The third-order valence-corrected chi connectivity index (χ3v) is 12.5. The van der Waals surface area contributed by atoms with Crippen LogP contribution in [0.2, 0.25) is 18.1 Å². The summed E-state index contributed by atoms with van der Waals surface area (Å²) in [5.41, 5.74) is 1.00. The molecule has 3 rings (SSSR count). The Morgan fingerprint density at radius 1 is 1.13 bits per heavy atom. The van der Waals surface area contributed by atoms with Gasteiger partial charge in [0, 0.05) is 18.8 Å². The number of hydrogen-bond donors (Lipinski definition) is 0. The zero-order valence-corrected chi connectivity index (χ0v) is 20.9. The van der Waals surface area contributed by atoms with Gasteiger partial charge in [0.15, 0.2) is 14.1 Å². The molecule has 0 N–H and O–H groups in total. The zero-order valence-electron chi connectivity index (χ0n) is 19.1. The van der Waals surface area contributed by atoms with Crippen molar-refractivity contribution in [1.82, 2.24) is 0 Å². The van der Waals surface area contributed by atoms with Crippen LogP contribution in [0.25, 0.3) is 0 Å². The fourth-order valence-corrected chi connectivity index (χ4v) is 6.20. The van der Waals surface area contributed by atoms with Gasteiger partial charge in [0.1, 0.15) is 0 Å². The Hall–Kier alpha value is -0.773. The summed E-state index contributed by atoms with van der Waals surface area (Å²) in [5, 5.41) is 0.0713. The molecule has 1 aliphatic carbocycles. The predicted octanol–water partition coefficient (Wildman–Crippen LogP) is 4.63. The second-order valence-electron chi connectivity index (χ2n) is 10.1. The maximum absolute atomic E-state index is 12.7. The Labute approximate surface area is 182 Å². The number of ether oxygens (including phenoxy) is 2. The van der Waals surface area contributed by atoms with E-state index in [1.54, 1.807) is 24.3 Å². The first-order chi connectivity index (χ1) is 13.8. The molecule has 1 heterocycles. The predicted molar refractivity (Wildman–Crippen MR) is 118 cm³/mol. The van der Waals surface area contributed by atoms with Crippen LogP contribution in [0.15, 0.2) is 29.2 Å². The van der Waals surface area contributed by atoms with Gasteiger partial charge in [-0.25, -0.2) is 0 Å². The molecule has 1 aromatic rings. The van der Waals surface area contributed by atoms with Crippen molar-refractivity contribution in [1.29, 1.82) is 0 Å². The molecule has 1 aliphatic heterocycles. The first kappa shape index (κ1) is 23.9. The van der Waals surface area contributed by atoms with E-state index in [1.165, 1.54) is 0 Å². The van der Waals surface area contributed by atoms with Gasteiger partial charge in [0.2, 0.25) is 0 Å². The molecule has 0 amide bonds. The molecule has 0 unspecified atom stereocenters. The van der Waals surface area contributed by atoms with Crippen LogP contribution in [-0.4, -0.2) is 48.4 Å². The Morgan fingerprint density at radius 3 is 2.30 bits per heavy atom. The van der Waals surface area contributed by atoms with E-state index in [1.807, 2.05) is 6.92 Å². The molecule has 6 nitrogen and oxygen atoms in total. The van der Waals surface area contributed by atoms with Gasteiger partial charge in [-0.05, 0) is 43.6 Å². The van der Waals surface area contributed by atoms with Crippen LogP contribution in [0.4, 0.5) is 0 Å². The van der Waals surface area contributed by atoms with Crippen molar-refractivity contribution in [3.05, 3.63) is 29.8 Å². The van der Waals surface area contributed by atoms with Crippen LogP contribution < -0.4 is 0 Å². The highest BCUT2D eigenvalue weighted by Gasteiger charge is 2.49. The highest BCUT2D eigenvalue weighted by molar-refractivity contribution is 7.86. The number of benzene rings is 1. The lowest BCUT2D eigenvalue weighted by atomic mass is 9.83. The van der Waals surface area contributed by atoms with Crippen molar-refractivity contribution >= 4 is 18.4 Å². The topological polar surface area (TPSA) is 71.1 Å². The van der Waals surface area contributed by atoms with Crippen molar-refractivity contribution in [3.63, 3.8) is 0 Å². The minimum atomic E-state index is -3.83. The van der Waals surface area contributed by atoms with Gasteiger partial charge < -0.3 is 13.9 Å². The number of rotatable bonds is 6. The molecule has 2 atom stereocenters. The zero-order chi connectivity index (χ0) is 22.2. The monoisotopic (exact) mass is 456 g/mol. The van der Waals surface area contributed by atoms with E-state index in [9.17, 15) is 8.42 Å².